The zero-order valence-corrected chi connectivity index (χ0v) is 10.5. The Morgan fingerprint density at radius 2 is 0.438 bits per heavy atom. The van der Waals surface area contributed by atoms with Crippen molar-refractivity contribution in [2.45, 2.75) is 0 Å². The Hall–Kier alpha value is 0.820. The molecule has 0 aromatic rings. The topological polar surface area (TPSA) is 268 Å². The number of rotatable bonds is 0. The van der Waals surface area contributed by atoms with Crippen molar-refractivity contribution in [2.24, 2.45) is 0 Å². The molecule has 0 heterocycles. The highest BCUT2D eigenvalue weighted by Gasteiger charge is 1.99. The Labute approximate surface area is 97.0 Å². The van der Waals surface area contributed by atoms with Gasteiger partial charge in [0, 0.05) is 0 Å². The summed E-state index contributed by atoms with van der Waals surface area (Å²) in [7, 11) is -14.1. The summed E-state index contributed by atoms with van der Waals surface area (Å²) in [5, 5.41) is 0. The van der Waals surface area contributed by atoms with Crippen LogP contribution in [0.3, 0.4) is 0 Å². The lowest BCUT2D eigenvalue weighted by molar-refractivity contribution is -1.92. The van der Waals surface area contributed by atoms with Crippen molar-refractivity contribution >= 4 is 9.90 Å². The minimum Gasteiger partial charge on any atom is -0.183 e. The Morgan fingerprint density at radius 3 is 0.438 bits per heavy atom. The molecule has 0 bridgehead atoms. The largest absolute Gasteiger partial charge is 0.183 e. The highest BCUT2D eigenvalue weighted by atomic mass is 35.7. The van der Waals surface area contributed by atoms with Gasteiger partial charge in [-0.1, -0.05) is 0 Å². The average Bonchev–Trinajstić information content (AvgIpc) is 1.41. The molecule has 0 rings (SSSR count). The SMILES string of the molecule is P.[O-][Cl+3]([O-])([O-])O.[O-][Cl+3]([O-])([O-])O.[O-][Cl+3]([O-])([O-])O. The molecule has 0 saturated heterocycles. The number of hydrogen-bond acceptors (Lipinski definition) is 12. The summed E-state index contributed by atoms with van der Waals surface area (Å²) in [5.41, 5.74) is 0. The molecule has 0 saturated carbocycles. The van der Waals surface area contributed by atoms with Gasteiger partial charge in [0.15, 0.2) is 0 Å². The van der Waals surface area contributed by atoms with E-state index in [1.807, 2.05) is 0 Å². The van der Waals surface area contributed by atoms with Crippen LogP contribution in [-0.2, 0) is 0 Å². The van der Waals surface area contributed by atoms with Crippen LogP contribution in [0.4, 0.5) is 0 Å². The summed E-state index contributed by atoms with van der Waals surface area (Å²) in [4.78, 5) is 0. The first-order chi connectivity index (χ1) is 6.00. The molecule has 0 aliphatic heterocycles. The van der Waals surface area contributed by atoms with Gasteiger partial charge >= 0.3 is 0 Å². The van der Waals surface area contributed by atoms with Gasteiger partial charge in [0.05, 0.1) is 44.7 Å². The van der Waals surface area contributed by atoms with Crippen LogP contribution in [0, 0.1) is 30.7 Å². The molecule has 1 atom stereocenters. The number of halogens is 3. The second-order valence-corrected chi connectivity index (χ2v) is 3.56. The lowest BCUT2D eigenvalue weighted by Crippen LogP contribution is -2.58. The van der Waals surface area contributed by atoms with E-state index in [9.17, 15) is 0 Å². The first kappa shape index (κ1) is 25.6. The standard InChI is InChI=1S/3ClHO4.H3P/c3*2-1(3,4)5;/h3*(H,2,3,4,5);1H3. The molecule has 16 heteroatoms. The fourth-order valence-electron chi connectivity index (χ4n) is 0. The van der Waals surface area contributed by atoms with Crippen LogP contribution in [0.1, 0.15) is 0 Å². The quantitative estimate of drug-likeness (QED) is 0.348. The van der Waals surface area contributed by atoms with Gasteiger partial charge in [0.1, 0.15) is 0 Å². The second kappa shape index (κ2) is 9.81. The molecule has 1 unspecified atom stereocenters. The van der Waals surface area contributed by atoms with Crippen LogP contribution in [0.15, 0.2) is 0 Å². The number of hydrogen-bond donors (Lipinski definition) is 3. The maximum atomic E-state index is 8.60. The van der Waals surface area contributed by atoms with Crippen molar-refractivity contribution in [3.8, 4) is 0 Å². The van der Waals surface area contributed by atoms with Crippen molar-refractivity contribution in [3.63, 3.8) is 0 Å². The normalized spacial score (nSPS) is 11.2. The van der Waals surface area contributed by atoms with Crippen molar-refractivity contribution in [3.05, 3.63) is 0 Å². The van der Waals surface area contributed by atoms with Gasteiger partial charge in [-0.25, -0.2) is 0 Å². The third-order valence-corrected chi connectivity index (χ3v) is 0. The van der Waals surface area contributed by atoms with Crippen molar-refractivity contribution < 1.29 is 86.6 Å². The van der Waals surface area contributed by atoms with Gasteiger partial charge in [0.2, 0.25) is 0 Å². The molecule has 0 fully saturated rings. The fraction of sp³-hybridized carbons (Fsp3) is 0. The van der Waals surface area contributed by atoms with Gasteiger partial charge in [-0.05, 0) is 0 Å². The highest BCUT2D eigenvalue weighted by Crippen LogP contribution is 1.61. The summed E-state index contributed by atoms with van der Waals surface area (Å²) >= 11 is 0. The van der Waals surface area contributed by atoms with Gasteiger partial charge in [-0.2, -0.15) is 51.8 Å². The molecule has 0 aromatic heterocycles. The molecule has 0 aliphatic rings. The Kier molecular flexibility index (Phi) is 15.7. The van der Waals surface area contributed by atoms with E-state index in [0.29, 0.717) is 0 Å². The van der Waals surface area contributed by atoms with Gasteiger partial charge in [-0.3, -0.25) is 0 Å². The Balaban J connectivity index is -0.0000000655. The third-order valence-electron chi connectivity index (χ3n) is 0. The van der Waals surface area contributed by atoms with E-state index in [-0.39, 0.29) is 9.90 Å². The summed E-state index contributed by atoms with van der Waals surface area (Å²) in [6, 6.07) is 0. The Bertz CT molecular complexity index is 91.3. The molecular formula is H6Cl3O12P. The van der Waals surface area contributed by atoms with E-state index < -0.39 is 30.7 Å². The van der Waals surface area contributed by atoms with Crippen molar-refractivity contribution in [2.75, 3.05) is 0 Å². The van der Waals surface area contributed by atoms with Crippen LogP contribution in [0.25, 0.3) is 0 Å². The molecule has 0 aliphatic carbocycles. The predicted octanol–water partition coefficient (Wildman–Crippen LogP) is -12.3. The lowest BCUT2D eigenvalue weighted by atomic mass is 15.8. The van der Waals surface area contributed by atoms with E-state index in [1.54, 1.807) is 0 Å². The van der Waals surface area contributed by atoms with Gasteiger partial charge in [-0.15, -0.1) is 0 Å². The summed E-state index contributed by atoms with van der Waals surface area (Å²) in [5.74, 6) is 0. The molecule has 0 amide bonds. The van der Waals surface area contributed by atoms with Gasteiger partial charge < -0.3 is 0 Å². The van der Waals surface area contributed by atoms with E-state index in [0.717, 1.165) is 0 Å². The predicted molar refractivity (Wildman–Crippen MR) is 17.8 cm³/mol. The maximum absolute atomic E-state index is 8.60. The minimum atomic E-state index is -4.69. The third kappa shape index (κ3) is 4210. The highest BCUT2D eigenvalue weighted by molar-refractivity contribution is 6.92. The summed E-state index contributed by atoms with van der Waals surface area (Å²) < 4.78 is 98.2. The van der Waals surface area contributed by atoms with E-state index in [2.05, 4.69) is 0 Å². The first-order valence-corrected chi connectivity index (χ1v) is 5.69. The fourth-order valence-corrected chi connectivity index (χ4v) is 0. The maximum Gasteiger partial charge on any atom is 0.0777 e. The van der Waals surface area contributed by atoms with E-state index >= 15 is 0 Å². The molecule has 0 aromatic carbocycles. The van der Waals surface area contributed by atoms with Crippen LogP contribution in [0.2, 0.25) is 0 Å². The second-order valence-electron chi connectivity index (χ2n) is 1.19. The van der Waals surface area contributed by atoms with E-state index in [1.165, 1.54) is 0 Å². The Morgan fingerprint density at radius 1 is 0.438 bits per heavy atom. The zero-order chi connectivity index (χ0) is 13.5. The van der Waals surface area contributed by atoms with Crippen molar-refractivity contribution in [1.29, 1.82) is 0 Å². The summed E-state index contributed by atoms with van der Waals surface area (Å²) in [6.45, 7) is 0. The molecular weight excluding hydrogens is 329 g/mol. The first-order valence-electron chi connectivity index (χ1n) is 1.90. The van der Waals surface area contributed by atoms with Crippen molar-refractivity contribution in [1.82, 2.24) is 0 Å². The van der Waals surface area contributed by atoms with Crippen LogP contribution in [-0.4, -0.2) is 14.0 Å². The molecule has 0 spiro atoms. The van der Waals surface area contributed by atoms with E-state index in [4.69, 9.17) is 55.9 Å². The molecule has 12 nitrogen and oxygen atoms in total. The van der Waals surface area contributed by atoms with Crippen LogP contribution >= 0.6 is 9.90 Å². The monoisotopic (exact) mass is 334 g/mol. The smallest absolute Gasteiger partial charge is 0.0777 e. The molecule has 16 heavy (non-hydrogen) atoms. The van der Waals surface area contributed by atoms with Crippen LogP contribution in [0.5, 0.6) is 0 Å². The van der Waals surface area contributed by atoms with Crippen LogP contribution < -0.4 is 41.9 Å². The lowest BCUT2D eigenvalue weighted by Gasteiger charge is -2.03. The zero-order valence-electron chi connectivity index (χ0n) is 6.86. The molecule has 0 radical (unpaired) electrons. The molecule has 104 valence electrons. The molecule has 3 N–H and O–H groups in total. The average molecular weight is 335 g/mol. The summed E-state index contributed by atoms with van der Waals surface area (Å²) in [6.07, 6.45) is 0. The minimum absolute atomic E-state index is 0. The van der Waals surface area contributed by atoms with Gasteiger partial charge in [0.25, 0.3) is 0 Å².